The van der Waals surface area contributed by atoms with E-state index in [1.54, 1.807) is 6.07 Å². The van der Waals surface area contributed by atoms with E-state index in [0.717, 1.165) is 24.5 Å². The van der Waals surface area contributed by atoms with E-state index < -0.39 is 0 Å². The average Bonchev–Trinajstić information content (AvgIpc) is 3.21. The molecule has 3 aromatic rings. The smallest absolute Gasteiger partial charge is 0.173 e. The molecule has 1 atom stereocenters. The summed E-state index contributed by atoms with van der Waals surface area (Å²) in [5, 5.41) is 13.3. The molecule has 6 nitrogen and oxygen atoms in total. The van der Waals surface area contributed by atoms with Crippen molar-refractivity contribution in [2.45, 2.75) is 32.4 Å². The lowest BCUT2D eigenvalue weighted by atomic mass is 10.0. The quantitative estimate of drug-likeness (QED) is 0.625. The van der Waals surface area contributed by atoms with Gasteiger partial charge in [0.15, 0.2) is 5.82 Å². The molecule has 4 rings (SSSR count). The molecule has 30 heavy (non-hydrogen) atoms. The predicted molar refractivity (Wildman–Crippen MR) is 116 cm³/mol. The summed E-state index contributed by atoms with van der Waals surface area (Å²) in [5.74, 6) is 0.570. The Morgan fingerprint density at radius 1 is 0.967 bits per heavy atom. The standard InChI is InChI=1S/C22H26ClFN6/c1-22(2,3)30-21(25-26-27-30)20(16-8-4-5-9-17(16)23)29-14-12-28(13-15-29)19-11-7-6-10-18(19)24/h4-11,20H,12-15H2,1-3H3. The maximum Gasteiger partial charge on any atom is 0.173 e. The SMILES string of the molecule is CC(C)(C)n1nnnc1C(c1ccccc1Cl)N1CCN(c2ccccc2F)CC1. The molecule has 0 bridgehead atoms. The van der Waals surface area contributed by atoms with E-state index in [0.29, 0.717) is 23.8 Å². The molecule has 0 N–H and O–H groups in total. The van der Waals surface area contributed by atoms with Crippen LogP contribution in [0.5, 0.6) is 0 Å². The summed E-state index contributed by atoms with van der Waals surface area (Å²) >= 11 is 6.60. The number of anilines is 1. The van der Waals surface area contributed by atoms with Crippen LogP contribution in [0, 0.1) is 5.82 Å². The molecular weight excluding hydrogens is 403 g/mol. The van der Waals surface area contributed by atoms with Gasteiger partial charge in [0, 0.05) is 31.2 Å². The molecular formula is C22H26ClFN6. The first-order valence-corrected chi connectivity index (χ1v) is 10.5. The Kier molecular flexibility index (Phi) is 5.75. The van der Waals surface area contributed by atoms with E-state index in [2.05, 4.69) is 46.1 Å². The monoisotopic (exact) mass is 428 g/mol. The molecule has 158 valence electrons. The van der Waals surface area contributed by atoms with Crippen LogP contribution in [0.1, 0.15) is 38.2 Å². The predicted octanol–water partition coefficient (Wildman–Crippen LogP) is 4.13. The summed E-state index contributed by atoms with van der Waals surface area (Å²) in [6.45, 7) is 9.12. The third kappa shape index (κ3) is 4.04. The highest BCUT2D eigenvalue weighted by molar-refractivity contribution is 6.31. The summed E-state index contributed by atoms with van der Waals surface area (Å²) in [5.41, 5.74) is 1.35. The number of piperazine rings is 1. The minimum Gasteiger partial charge on any atom is -0.367 e. The van der Waals surface area contributed by atoms with E-state index >= 15 is 0 Å². The molecule has 1 aromatic heterocycles. The first kappa shape index (κ1) is 20.8. The molecule has 1 fully saturated rings. The minimum atomic E-state index is -0.271. The Morgan fingerprint density at radius 2 is 1.63 bits per heavy atom. The Hall–Kier alpha value is -2.51. The van der Waals surface area contributed by atoms with Crippen molar-refractivity contribution in [3.8, 4) is 0 Å². The van der Waals surface area contributed by atoms with Gasteiger partial charge in [-0.25, -0.2) is 9.07 Å². The van der Waals surface area contributed by atoms with Crippen molar-refractivity contribution < 1.29 is 4.39 Å². The van der Waals surface area contributed by atoms with Crippen molar-refractivity contribution in [3.05, 3.63) is 70.8 Å². The fraction of sp³-hybridized carbons (Fsp3) is 0.409. The zero-order valence-electron chi connectivity index (χ0n) is 17.5. The van der Waals surface area contributed by atoms with Crippen LogP contribution < -0.4 is 4.90 Å². The zero-order chi connectivity index (χ0) is 21.3. The largest absolute Gasteiger partial charge is 0.367 e. The molecule has 8 heteroatoms. The zero-order valence-corrected chi connectivity index (χ0v) is 18.2. The second-order valence-corrected chi connectivity index (χ2v) is 8.93. The number of rotatable bonds is 4. The topological polar surface area (TPSA) is 50.1 Å². The molecule has 1 saturated heterocycles. The van der Waals surface area contributed by atoms with Gasteiger partial charge in [0.25, 0.3) is 0 Å². The van der Waals surface area contributed by atoms with Crippen LogP contribution in [0.3, 0.4) is 0 Å². The normalized spacial score (nSPS) is 16.6. The lowest BCUT2D eigenvalue weighted by molar-refractivity contribution is 0.191. The van der Waals surface area contributed by atoms with Gasteiger partial charge in [0.2, 0.25) is 0 Å². The Labute approximate surface area is 181 Å². The molecule has 2 aromatic carbocycles. The van der Waals surface area contributed by atoms with Crippen molar-refractivity contribution in [3.63, 3.8) is 0 Å². The fourth-order valence-electron chi connectivity index (χ4n) is 3.97. The van der Waals surface area contributed by atoms with E-state index in [9.17, 15) is 4.39 Å². The third-order valence-electron chi connectivity index (χ3n) is 5.45. The van der Waals surface area contributed by atoms with Crippen LogP contribution in [0.4, 0.5) is 10.1 Å². The Morgan fingerprint density at radius 3 is 2.30 bits per heavy atom. The maximum absolute atomic E-state index is 14.3. The number of aromatic nitrogens is 4. The molecule has 0 aliphatic carbocycles. The molecule has 1 unspecified atom stereocenters. The van der Waals surface area contributed by atoms with E-state index in [-0.39, 0.29) is 17.4 Å². The van der Waals surface area contributed by atoms with Crippen molar-refractivity contribution >= 4 is 17.3 Å². The van der Waals surface area contributed by atoms with Crippen molar-refractivity contribution in [2.24, 2.45) is 0 Å². The van der Waals surface area contributed by atoms with Gasteiger partial charge >= 0.3 is 0 Å². The highest BCUT2D eigenvalue weighted by atomic mass is 35.5. The van der Waals surface area contributed by atoms with Crippen LogP contribution >= 0.6 is 11.6 Å². The second kappa shape index (κ2) is 8.32. The molecule has 0 radical (unpaired) electrons. The number of para-hydroxylation sites is 1. The summed E-state index contributed by atoms with van der Waals surface area (Å²) in [7, 11) is 0. The van der Waals surface area contributed by atoms with Crippen LogP contribution in [-0.4, -0.2) is 51.3 Å². The van der Waals surface area contributed by atoms with Gasteiger partial charge in [-0.1, -0.05) is 41.9 Å². The van der Waals surface area contributed by atoms with Gasteiger partial charge in [0.05, 0.1) is 17.3 Å². The van der Waals surface area contributed by atoms with Crippen molar-refractivity contribution in [1.29, 1.82) is 0 Å². The molecule has 0 amide bonds. The van der Waals surface area contributed by atoms with E-state index in [1.165, 1.54) is 6.07 Å². The molecule has 0 spiro atoms. The fourth-order valence-corrected chi connectivity index (χ4v) is 4.21. The third-order valence-corrected chi connectivity index (χ3v) is 5.79. The number of benzene rings is 2. The highest BCUT2D eigenvalue weighted by Gasteiger charge is 2.34. The van der Waals surface area contributed by atoms with Gasteiger partial charge in [-0.05, 0) is 55.0 Å². The van der Waals surface area contributed by atoms with E-state index in [4.69, 9.17) is 11.6 Å². The minimum absolute atomic E-state index is 0.185. The van der Waals surface area contributed by atoms with Crippen LogP contribution in [0.25, 0.3) is 0 Å². The average molecular weight is 429 g/mol. The summed E-state index contributed by atoms with van der Waals surface area (Å²) < 4.78 is 16.1. The van der Waals surface area contributed by atoms with Crippen molar-refractivity contribution in [2.75, 3.05) is 31.1 Å². The maximum atomic E-state index is 14.3. The Balaban J connectivity index is 1.66. The second-order valence-electron chi connectivity index (χ2n) is 8.52. The molecule has 1 aliphatic heterocycles. The summed E-state index contributed by atoms with van der Waals surface area (Å²) in [4.78, 5) is 4.41. The lowest BCUT2D eigenvalue weighted by Crippen LogP contribution is -2.49. The lowest BCUT2D eigenvalue weighted by Gasteiger charge is -2.40. The van der Waals surface area contributed by atoms with Crippen LogP contribution in [0.2, 0.25) is 5.02 Å². The van der Waals surface area contributed by atoms with E-state index in [1.807, 2.05) is 41.1 Å². The number of hydrogen-bond acceptors (Lipinski definition) is 5. The number of tetrazole rings is 1. The van der Waals surface area contributed by atoms with Crippen LogP contribution in [-0.2, 0) is 5.54 Å². The highest BCUT2D eigenvalue weighted by Crippen LogP contribution is 2.34. The number of hydrogen-bond donors (Lipinski definition) is 0. The molecule has 2 heterocycles. The summed E-state index contributed by atoms with van der Waals surface area (Å²) in [6, 6.07) is 14.6. The van der Waals surface area contributed by atoms with Crippen LogP contribution in [0.15, 0.2) is 48.5 Å². The number of halogens is 2. The van der Waals surface area contributed by atoms with Gasteiger partial charge in [-0.15, -0.1) is 5.10 Å². The van der Waals surface area contributed by atoms with Gasteiger partial charge in [-0.2, -0.15) is 0 Å². The van der Waals surface area contributed by atoms with Crippen molar-refractivity contribution in [1.82, 2.24) is 25.1 Å². The van der Waals surface area contributed by atoms with Gasteiger partial charge in [0.1, 0.15) is 5.82 Å². The van der Waals surface area contributed by atoms with Gasteiger partial charge in [-0.3, -0.25) is 4.90 Å². The van der Waals surface area contributed by atoms with Gasteiger partial charge < -0.3 is 4.90 Å². The Bertz CT molecular complexity index is 1010. The summed E-state index contributed by atoms with van der Waals surface area (Å²) in [6.07, 6.45) is 0. The first-order valence-electron chi connectivity index (χ1n) is 10.1. The molecule has 1 aliphatic rings. The number of nitrogens with zero attached hydrogens (tertiary/aromatic N) is 6. The molecule has 0 saturated carbocycles. The first-order chi connectivity index (χ1) is 14.4.